The molecule has 1 fully saturated rings. The van der Waals surface area contributed by atoms with Crippen molar-refractivity contribution in [1.29, 1.82) is 0 Å². The van der Waals surface area contributed by atoms with Crippen molar-refractivity contribution in [2.24, 2.45) is 11.7 Å². The first-order chi connectivity index (χ1) is 8.59. The average Bonchev–Trinajstić information content (AvgIpc) is 2.96. The molecule has 0 aromatic carbocycles. The molecular weight excluding hydrogens is 230 g/mol. The van der Waals surface area contributed by atoms with E-state index >= 15 is 0 Å². The molecule has 1 saturated carbocycles. The molecule has 0 unspecified atom stereocenters. The molecule has 1 aromatic heterocycles. The molecule has 5 nitrogen and oxygen atoms in total. The molecule has 0 amide bonds. The second kappa shape index (κ2) is 5.36. The zero-order chi connectivity index (χ0) is 13.2. The third-order valence-electron chi connectivity index (χ3n) is 3.68. The van der Waals surface area contributed by atoms with Crippen LogP contribution < -0.4 is 5.73 Å². The number of hydrogen-bond donors (Lipinski definition) is 1. The lowest BCUT2D eigenvalue weighted by Crippen LogP contribution is -2.28. The summed E-state index contributed by atoms with van der Waals surface area (Å²) < 4.78 is 11.2. The van der Waals surface area contributed by atoms with Crippen LogP contribution in [0, 0.1) is 5.92 Å². The van der Waals surface area contributed by atoms with Gasteiger partial charge in [0.15, 0.2) is 0 Å². The lowest BCUT2D eigenvalue weighted by Gasteiger charge is -2.24. The Balaban J connectivity index is 2.22. The molecule has 2 N–H and O–H groups in total. The van der Waals surface area contributed by atoms with Gasteiger partial charge in [0.25, 0.3) is 0 Å². The van der Waals surface area contributed by atoms with E-state index in [1.165, 1.54) is 0 Å². The molecule has 0 radical (unpaired) electrons. The minimum absolute atomic E-state index is 0.202. The molecule has 102 valence electrons. The van der Waals surface area contributed by atoms with Gasteiger partial charge < -0.3 is 15.0 Å². The van der Waals surface area contributed by atoms with Crippen LogP contribution in [0.4, 0.5) is 0 Å². The Bertz CT molecular complexity index is 383. The minimum Gasteiger partial charge on any atom is -0.367 e. The van der Waals surface area contributed by atoms with Crippen LogP contribution >= 0.6 is 0 Å². The van der Waals surface area contributed by atoms with Crippen LogP contribution in [0.2, 0.25) is 0 Å². The summed E-state index contributed by atoms with van der Waals surface area (Å²) in [5, 5.41) is 4.10. The Morgan fingerprint density at radius 2 is 2.06 bits per heavy atom. The number of ether oxygens (including phenoxy) is 1. The Kier molecular flexibility index (Phi) is 4.02. The molecule has 0 bridgehead atoms. The van der Waals surface area contributed by atoms with Gasteiger partial charge in [-0.05, 0) is 38.5 Å². The van der Waals surface area contributed by atoms with E-state index in [0.29, 0.717) is 18.3 Å². The van der Waals surface area contributed by atoms with E-state index in [4.69, 9.17) is 15.0 Å². The van der Waals surface area contributed by atoms with Gasteiger partial charge in [-0.1, -0.05) is 19.0 Å². The summed E-state index contributed by atoms with van der Waals surface area (Å²) in [6, 6.07) is -0.202. The second-order valence-electron chi connectivity index (χ2n) is 5.36. The molecule has 0 spiro atoms. The topological polar surface area (TPSA) is 74.2 Å². The van der Waals surface area contributed by atoms with Gasteiger partial charge in [-0.2, -0.15) is 4.98 Å². The summed E-state index contributed by atoms with van der Waals surface area (Å²) in [7, 11) is 0. The van der Waals surface area contributed by atoms with E-state index in [1.54, 1.807) is 0 Å². The van der Waals surface area contributed by atoms with Gasteiger partial charge in [0.1, 0.15) is 5.60 Å². The summed E-state index contributed by atoms with van der Waals surface area (Å²) in [4.78, 5) is 4.48. The summed E-state index contributed by atoms with van der Waals surface area (Å²) in [6.07, 6.45) is 4.24. The molecule has 1 aliphatic rings. The standard InChI is InChI=1S/C13H23N3O2/c1-4-17-13(7-5-6-8-13)12-15-11(18-16-12)10(14)9(2)3/h9-10H,4-8,14H2,1-3H3/t10-/m0/s1. The highest BCUT2D eigenvalue weighted by Gasteiger charge is 2.41. The molecule has 2 rings (SSSR count). The van der Waals surface area contributed by atoms with Crippen LogP contribution in [0.5, 0.6) is 0 Å². The maximum atomic E-state index is 6.03. The van der Waals surface area contributed by atoms with Crippen molar-refractivity contribution in [3.63, 3.8) is 0 Å². The predicted molar refractivity (Wildman–Crippen MR) is 67.8 cm³/mol. The third-order valence-corrected chi connectivity index (χ3v) is 3.68. The van der Waals surface area contributed by atoms with Gasteiger partial charge in [-0.25, -0.2) is 0 Å². The molecule has 0 aliphatic heterocycles. The van der Waals surface area contributed by atoms with Crippen LogP contribution in [0.1, 0.15) is 64.2 Å². The Morgan fingerprint density at radius 1 is 1.39 bits per heavy atom. The van der Waals surface area contributed by atoms with Gasteiger partial charge >= 0.3 is 0 Å². The molecule has 1 heterocycles. The van der Waals surface area contributed by atoms with Gasteiger partial charge in [0, 0.05) is 6.61 Å². The van der Waals surface area contributed by atoms with Crippen LogP contribution in [-0.2, 0) is 10.3 Å². The number of nitrogens with zero attached hydrogens (tertiary/aromatic N) is 2. The number of hydrogen-bond acceptors (Lipinski definition) is 5. The first kappa shape index (κ1) is 13.5. The second-order valence-corrected chi connectivity index (χ2v) is 5.36. The molecule has 18 heavy (non-hydrogen) atoms. The molecule has 0 saturated heterocycles. The quantitative estimate of drug-likeness (QED) is 0.872. The number of nitrogens with two attached hydrogens (primary N) is 1. The monoisotopic (exact) mass is 253 g/mol. The van der Waals surface area contributed by atoms with E-state index < -0.39 is 0 Å². The van der Waals surface area contributed by atoms with Crippen molar-refractivity contribution < 1.29 is 9.26 Å². The van der Waals surface area contributed by atoms with Crippen molar-refractivity contribution in [2.75, 3.05) is 6.61 Å². The molecule has 1 aromatic rings. The van der Waals surface area contributed by atoms with Crippen LogP contribution in [0.3, 0.4) is 0 Å². The summed E-state index contributed by atoms with van der Waals surface area (Å²) >= 11 is 0. The summed E-state index contributed by atoms with van der Waals surface area (Å²) in [5.41, 5.74) is 5.69. The largest absolute Gasteiger partial charge is 0.367 e. The van der Waals surface area contributed by atoms with E-state index in [-0.39, 0.29) is 17.6 Å². The third kappa shape index (κ3) is 2.42. The summed E-state index contributed by atoms with van der Waals surface area (Å²) in [6.45, 7) is 6.76. The first-order valence-electron chi connectivity index (χ1n) is 6.82. The smallest absolute Gasteiger partial charge is 0.243 e. The van der Waals surface area contributed by atoms with Crippen LogP contribution in [-0.4, -0.2) is 16.7 Å². The zero-order valence-electron chi connectivity index (χ0n) is 11.5. The van der Waals surface area contributed by atoms with Gasteiger partial charge in [0.05, 0.1) is 6.04 Å². The fourth-order valence-electron chi connectivity index (χ4n) is 2.50. The summed E-state index contributed by atoms with van der Waals surface area (Å²) in [5.74, 6) is 1.48. The van der Waals surface area contributed by atoms with E-state index in [1.807, 2.05) is 20.8 Å². The zero-order valence-corrected chi connectivity index (χ0v) is 11.5. The SMILES string of the molecule is CCOC1(c2noc([C@@H](N)C(C)C)n2)CCCC1. The van der Waals surface area contributed by atoms with Crippen molar-refractivity contribution in [2.45, 2.75) is 58.1 Å². The number of aromatic nitrogens is 2. The molecule has 5 heteroatoms. The van der Waals surface area contributed by atoms with Crippen molar-refractivity contribution >= 4 is 0 Å². The van der Waals surface area contributed by atoms with Gasteiger partial charge in [-0.3, -0.25) is 0 Å². The van der Waals surface area contributed by atoms with E-state index in [2.05, 4.69) is 10.1 Å². The normalized spacial score (nSPS) is 20.5. The van der Waals surface area contributed by atoms with Crippen molar-refractivity contribution in [3.8, 4) is 0 Å². The van der Waals surface area contributed by atoms with E-state index in [0.717, 1.165) is 25.7 Å². The Morgan fingerprint density at radius 3 is 2.61 bits per heavy atom. The Labute approximate surface area is 108 Å². The van der Waals surface area contributed by atoms with Crippen molar-refractivity contribution in [1.82, 2.24) is 10.1 Å². The van der Waals surface area contributed by atoms with Crippen LogP contribution in [0.25, 0.3) is 0 Å². The van der Waals surface area contributed by atoms with Gasteiger partial charge in [0.2, 0.25) is 11.7 Å². The minimum atomic E-state index is -0.340. The molecule has 1 aliphatic carbocycles. The average molecular weight is 253 g/mol. The fourth-order valence-corrected chi connectivity index (χ4v) is 2.50. The first-order valence-corrected chi connectivity index (χ1v) is 6.82. The maximum absolute atomic E-state index is 6.03. The molecular formula is C13H23N3O2. The van der Waals surface area contributed by atoms with Crippen LogP contribution in [0.15, 0.2) is 4.52 Å². The highest BCUT2D eigenvalue weighted by molar-refractivity contribution is 5.06. The maximum Gasteiger partial charge on any atom is 0.243 e. The molecule has 1 atom stereocenters. The van der Waals surface area contributed by atoms with Gasteiger partial charge in [-0.15, -0.1) is 0 Å². The predicted octanol–water partition coefficient (Wildman–Crippen LogP) is 2.53. The van der Waals surface area contributed by atoms with E-state index in [9.17, 15) is 0 Å². The van der Waals surface area contributed by atoms with Crippen molar-refractivity contribution in [3.05, 3.63) is 11.7 Å². The lowest BCUT2D eigenvalue weighted by atomic mass is 10.0. The highest BCUT2D eigenvalue weighted by Crippen LogP contribution is 2.41. The fraction of sp³-hybridized carbons (Fsp3) is 0.846. The number of rotatable bonds is 5. The lowest BCUT2D eigenvalue weighted by molar-refractivity contribution is -0.0469. The highest BCUT2D eigenvalue weighted by atomic mass is 16.5. The Hall–Kier alpha value is -0.940.